The Morgan fingerprint density at radius 3 is 2.48 bits per heavy atom. The number of hydrogen-bond acceptors (Lipinski definition) is 2. The predicted molar refractivity (Wildman–Crippen MR) is 95.8 cm³/mol. The molecule has 0 radical (unpaired) electrons. The Morgan fingerprint density at radius 2 is 1.83 bits per heavy atom. The minimum absolute atomic E-state index is 0.139. The topological polar surface area (TPSA) is 38.3 Å². The van der Waals surface area contributed by atoms with Crippen LogP contribution in [0.2, 0.25) is 0 Å². The van der Waals surface area contributed by atoms with Gasteiger partial charge >= 0.3 is 0 Å². The van der Waals surface area contributed by atoms with Crippen molar-refractivity contribution in [3.8, 4) is 5.75 Å². The van der Waals surface area contributed by atoms with Crippen LogP contribution >= 0.6 is 0 Å². The summed E-state index contributed by atoms with van der Waals surface area (Å²) in [5.41, 5.74) is 4.15. The number of aryl methyl sites for hydroxylation is 2. The van der Waals surface area contributed by atoms with Crippen molar-refractivity contribution in [2.45, 2.75) is 27.2 Å². The number of amides is 1. The van der Waals surface area contributed by atoms with E-state index in [1.807, 2.05) is 49.4 Å². The van der Waals surface area contributed by atoms with Gasteiger partial charge in [-0.3, -0.25) is 4.79 Å². The number of ether oxygens (including phenoxy) is 1. The van der Waals surface area contributed by atoms with E-state index in [0.29, 0.717) is 6.61 Å². The maximum atomic E-state index is 12.0. The van der Waals surface area contributed by atoms with E-state index < -0.39 is 0 Å². The third kappa shape index (κ3) is 5.29. The fourth-order valence-electron chi connectivity index (χ4n) is 2.07. The van der Waals surface area contributed by atoms with Gasteiger partial charge in [0, 0.05) is 11.8 Å². The summed E-state index contributed by atoms with van der Waals surface area (Å²) in [6, 6.07) is 13.6. The van der Waals surface area contributed by atoms with Crippen molar-refractivity contribution >= 4 is 17.7 Å². The highest BCUT2D eigenvalue weighted by Crippen LogP contribution is 2.15. The summed E-state index contributed by atoms with van der Waals surface area (Å²) in [5.74, 6) is 0.711. The summed E-state index contributed by atoms with van der Waals surface area (Å²) in [7, 11) is 0. The molecule has 0 aromatic heterocycles. The maximum absolute atomic E-state index is 12.0. The van der Waals surface area contributed by atoms with Gasteiger partial charge in [0.1, 0.15) is 5.75 Å². The molecular weight excluding hydrogens is 286 g/mol. The Hall–Kier alpha value is -2.55. The number of nitrogens with one attached hydrogen (secondary N) is 1. The van der Waals surface area contributed by atoms with Gasteiger partial charge in [-0.25, -0.2) is 0 Å². The van der Waals surface area contributed by atoms with E-state index >= 15 is 0 Å². The van der Waals surface area contributed by atoms with E-state index in [-0.39, 0.29) is 5.91 Å². The molecule has 120 valence electrons. The fraction of sp³-hybridized carbons (Fsp3) is 0.250. The molecule has 0 saturated carbocycles. The number of carbonyl (C=O) groups is 1. The van der Waals surface area contributed by atoms with Gasteiger partial charge in [-0.2, -0.15) is 0 Å². The first kappa shape index (κ1) is 16.8. The van der Waals surface area contributed by atoms with E-state index in [1.165, 1.54) is 11.6 Å². The zero-order valence-corrected chi connectivity index (χ0v) is 13.9. The fourth-order valence-corrected chi connectivity index (χ4v) is 2.07. The van der Waals surface area contributed by atoms with Crippen LogP contribution in [0, 0.1) is 13.8 Å². The zero-order valence-electron chi connectivity index (χ0n) is 13.9. The molecule has 0 aliphatic carbocycles. The molecule has 0 saturated heterocycles. The van der Waals surface area contributed by atoms with Crippen LogP contribution in [0.1, 0.15) is 30.0 Å². The number of anilines is 1. The van der Waals surface area contributed by atoms with Gasteiger partial charge in [-0.05, 0) is 67.3 Å². The average molecular weight is 309 g/mol. The first-order valence-corrected chi connectivity index (χ1v) is 7.87. The minimum Gasteiger partial charge on any atom is -0.494 e. The molecule has 0 spiro atoms. The van der Waals surface area contributed by atoms with Crippen molar-refractivity contribution in [3.05, 3.63) is 65.2 Å². The van der Waals surface area contributed by atoms with Crippen molar-refractivity contribution in [2.24, 2.45) is 0 Å². The van der Waals surface area contributed by atoms with Crippen LogP contribution in [0.4, 0.5) is 5.69 Å². The van der Waals surface area contributed by atoms with Crippen LogP contribution in [-0.2, 0) is 4.79 Å². The van der Waals surface area contributed by atoms with Gasteiger partial charge in [0.05, 0.1) is 6.61 Å². The Kier molecular flexibility index (Phi) is 5.98. The molecule has 0 unspecified atom stereocenters. The minimum atomic E-state index is -0.139. The molecule has 0 heterocycles. The number of benzene rings is 2. The molecular formula is C20H23NO2. The average Bonchev–Trinajstić information content (AvgIpc) is 2.55. The largest absolute Gasteiger partial charge is 0.494 e. The lowest BCUT2D eigenvalue weighted by atomic mass is 10.1. The first-order valence-electron chi connectivity index (χ1n) is 7.87. The molecule has 1 N–H and O–H groups in total. The third-order valence-electron chi connectivity index (χ3n) is 3.55. The van der Waals surface area contributed by atoms with E-state index in [2.05, 4.69) is 19.2 Å². The third-order valence-corrected chi connectivity index (χ3v) is 3.55. The van der Waals surface area contributed by atoms with Gasteiger partial charge in [0.25, 0.3) is 0 Å². The first-order chi connectivity index (χ1) is 11.1. The van der Waals surface area contributed by atoms with Crippen molar-refractivity contribution in [1.29, 1.82) is 0 Å². The predicted octanol–water partition coefficient (Wildman–Crippen LogP) is 4.74. The van der Waals surface area contributed by atoms with Crippen molar-refractivity contribution in [1.82, 2.24) is 0 Å². The van der Waals surface area contributed by atoms with Crippen molar-refractivity contribution in [3.63, 3.8) is 0 Å². The SMILES string of the molecule is CCCOc1ccc(/C=C\C(=O)Nc2ccc(C)c(C)c2)cc1. The molecule has 3 heteroatoms. The summed E-state index contributed by atoms with van der Waals surface area (Å²) in [6.45, 7) is 6.87. The summed E-state index contributed by atoms with van der Waals surface area (Å²) in [4.78, 5) is 12.0. The van der Waals surface area contributed by atoms with Crippen molar-refractivity contribution in [2.75, 3.05) is 11.9 Å². The number of rotatable bonds is 6. The van der Waals surface area contributed by atoms with Gasteiger partial charge < -0.3 is 10.1 Å². The number of hydrogen-bond donors (Lipinski definition) is 1. The van der Waals surface area contributed by atoms with Gasteiger partial charge in [0.15, 0.2) is 0 Å². The molecule has 0 atom stereocenters. The maximum Gasteiger partial charge on any atom is 0.248 e. The van der Waals surface area contributed by atoms with Gasteiger partial charge in [-0.1, -0.05) is 25.1 Å². The molecule has 2 rings (SSSR count). The highest BCUT2D eigenvalue weighted by atomic mass is 16.5. The second kappa shape index (κ2) is 8.18. The molecule has 3 nitrogen and oxygen atoms in total. The molecule has 0 bridgehead atoms. The van der Waals surface area contributed by atoms with Crippen LogP contribution in [-0.4, -0.2) is 12.5 Å². The Balaban J connectivity index is 1.93. The second-order valence-electron chi connectivity index (χ2n) is 5.54. The second-order valence-corrected chi connectivity index (χ2v) is 5.54. The van der Waals surface area contributed by atoms with E-state index in [0.717, 1.165) is 29.0 Å². The molecule has 1 amide bonds. The highest BCUT2D eigenvalue weighted by molar-refractivity contribution is 6.01. The van der Waals surface area contributed by atoms with Crippen LogP contribution in [0.3, 0.4) is 0 Å². The van der Waals surface area contributed by atoms with Crippen LogP contribution < -0.4 is 10.1 Å². The monoisotopic (exact) mass is 309 g/mol. The van der Waals surface area contributed by atoms with Crippen molar-refractivity contribution < 1.29 is 9.53 Å². The van der Waals surface area contributed by atoms with Crippen LogP contribution in [0.5, 0.6) is 5.75 Å². The quantitative estimate of drug-likeness (QED) is 0.782. The molecule has 0 aliphatic rings. The summed E-state index contributed by atoms with van der Waals surface area (Å²) in [6.07, 6.45) is 4.32. The Bertz CT molecular complexity index is 687. The van der Waals surface area contributed by atoms with Crippen LogP contribution in [0.15, 0.2) is 48.5 Å². The molecule has 2 aromatic rings. The Morgan fingerprint density at radius 1 is 1.09 bits per heavy atom. The molecule has 2 aromatic carbocycles. The molecule has 0 fully saturated rings. The van der Waals surface area contributed by atoms with E-state index in [9.17, 15) is 4.79 Å². The highest BCUT2D eigenvalue weighted by Gasteiger charge is 2.00. The van der Waals surface area contributed by atoms with E-state index in [1.54, 1.807) is 6.08 Å². The lowest BCUT2D eigenvalue weighted by Crippen LogP contribution is -2.07. The van der Waals surface area contributed by atoms with E-state index in [4.69, 9.17) is 4.74 Å². The smallest absolute Gasteiger partial charge is 0.248 e. The normalized spacial score (nSPS) is 10.7. The lowest BCUT2D eigenvalue weighted by Gasteiger charge is -2.06. The molecule has 0 aliphatic heterocycles. The summed E-state index contributed by atoms with van der Waals surface area (Å²) < 4.78 is 5.53. The number of carbonyl (C=O) groups excluding carboxylic acids is 1. The van der Waals surface area contributed by atoms with Crippen LogP contribution in [0.25, 0.3) is 6.08 Å². The summed E-state index contributed by atoms with van der Waals surface area (Å²) >= 11 is 0. The summed E-state index contributed by atoms with van der Waals surface area (Å²) in [5, 5.41) is 2.87. The molecule has 23 heavy (non-hydrogen) atoms. The standard InChI is InChI=1S/C20H23NO2/c1-4-13-23-19-10-6-17(7-11-19)8-12-20(22)21-18-9-5-15(2)16(3)14-18/h5-12,14H,4,13H2,1-3H3,(H,21,22)/b12-8-. The Labute approximate surface area is 138 Å². The van der Waals surface area contributed by atoms with Gasteiger partial charge in [0.2, 0.25) is 5.91 Å². The lowest BCUT2D eigenvalue weighted by molar-refractivity contribution is -0.111. The zero-order chi connectivity index (χ0) is 16.7. The van der Waals surface area contributed by atoms with Gasteiger partial charge in [-0.15, -0.1) is 0 Å².